The monoisotopic (exact) mass is 228 g/mol. The Labute approximate surface area is 98.2 Å². The van der Waals surface area contributed by atoms with Crippen molar-refractivity contribution < 1.29 is 14.6 Å². The van der Waals surface area contributed by atoms with Crippen LogP contribution in [-0.4, -0.2) is 23.8 Å². The van der Waals surface area contributed by atoms with Crippen molar-refractivity contribution in [2.24, 2.45) is 11.8 Å². The van der Waals surface area contributed by atoms with Crippen molar-refractivity contribution in [3.05, 3.63) is 0 Å². The Kier molecular flexibility index (Phi) is 5.81. The Hall–Kier alpha value is -0.570. The molecule has 1 N–H and O–H groups in total. The summed E-state index contributed by atoms with van der Waals surface area (Å²) in [5.74, 6) is -0.154. The lowest BCUT2D eigenvalue weighted by Gasteiger charge is -2.33. The van der Waals surface area contributed by atoms with Crippen LogP contribution >= 0.6 is 0 Å². The molecule has 3 heteroatoms. The van der Waals surface area contributed by atoms with Crippen LogP contribution in [0.5, 0.6) is 0 Å². The molecular formula is C13H24O3. The predicted molar refractivity (Wildman–Crippen MR) is 63.0 cm³/mol. The molecule has 0 aromatic rings. The lowest BCUT2D eigenvalue weighted by atomic mass is 9.75. The molecule has 16 heavy (non-hydrogen) atoms. The fraction of sp³-hybridized carbons (Fsp3) is 0.923. The van der Waals surface area contributed by atoms with Gasteiger partial charge in [-0.05, 0) is 32.1 Å². The van der Waals surface area contributed by atoms with Gasteiger partial charge in [-0.25, -0.2) is 0 Å². The topological polar surface area (TPSA) is 46.5 Å². The number of rotatable bonds is 5. The van der Waals surface area contributed by atoms with Crippen LogP contribution < -0.4 is 0 Å². The molecule has 0 aromatic carbocycles. The van der Waals surface area contributed by atoms with Crippen molar-refractivity contribution in [3.8, 4) is 0 Å². The molecule has 1 rings (SSSR count). The number of hydrogen-bond acceptors (Lipinski definition) is 3. The molecule has 0 aromatic heterocycles. The molecule has 0 amide bonds. The largest absolute Gasteiger partial charge is 0.466 e. The highest BCUT2D eigenvalue weighted by Crippen LogP contribution is 2.34. The molecule has 0 bridgehead atoms. The van der Waals surface area contributed by atoms with E-state index in [0.29, 0.717) is 12.5 Å². The summed E-state index contributed by atoms with van der Waals surface area (Å²) in [7, 11) is 0. The maximum atomic E-state index is 11.8. The van der Waals surface area contributed by atoms with Crippen molar-refractivity contribution in [1.82, 2.24) is 0 Å². The maximum absolute atomic E-state index is 11.8. The second-order valence-electron chi connectivity index (χ2n) is 4.68. The summed E-state index contributed by atoms with van der Waals surface area (Å²) in [4.78, 5) is 11.8. The summed E-state index contributed by atoms with van der Waals surface area (Å²) >= 11 is 0. The molecule has 0 unspecified atom stereocenters. The van der Waals surface area contributed by atoms with E-state index < -0.39 is 6.10 Å². The lowest BCUT2D eigenvalue weighted by molar-refractivity contribution is -0.157. The minimum atomic E-state index is -0.491. The van der Waals surface area contributed by atoms with Gasteiger partial charge in [0.1, 0.15) is 0 Å². The molecular weight excluding hydrogens is 204 g/mol. The Bertz CT molecular complexity index is 215. The molecule has 1 fully saturated rings. The standard InChI is InChI=1S/C13H24O3/c1-3-5-7-10-8-6-9-11(14)12(10)13(15)16-4-2/h10-12,14H,3-9H2,1-2H3/t10-,11-,12-/m0/s1. The number of hydrogen-bond donors (Lipinski definition) is 1. The second-order valence-corrected chi connectivity index (χ2v) is 4.68. The first-order chi connectivity index (χ1) is 7.70. The first-order valence-corrected chi connectivity index (χ1v) is 6.55. The number of esters is 1. The summed E-state index contributed by atoms with van der Waals surface area (Å²) in [6.07, 6.45) is 5.65. The van der Waals surface area contributed by atoms with Crippen LogP contribution in [-0.2, 0) is 9.53 Å². The lowest BCUT2D eigenvalue weighted by Crippen LogP contribution is -2.39. The van der Waals surface area contributed by atoms with Crippen LogP contribution in [0.4, 0.5) is 0 Å². The highest BCUT2D eigenvalue weighted by molar-refractivity contribution is 5.73. The van der Waals surface area contributed by atoms with Crippen LogP contribution in [0.3, 0.4) is 0 Å². The average Bonchev–Trinajstić information content (AvgIpc) is 2.26. The van der Waals surface area contributed by atoms with E-state index in [-0.39, 0.29) is 11.9 Å². The second kappa shape index (κ2) is 6.89. The molecule has 0 spiro atoms. The first kappa shape index (κ1) is 13.5. The molecule has 1 aliphatic carbocycles. The summed E-state index contributed by atoms with van der Waals surface area (Å²) in [5.41, 5.74) is 0. The number of aliphatic hydroxyl groups excluding tert-OH is 1. The predicted octanol–water partition coefficient (Wildman–Crippen LogP) is 2.52. The van der Waals surface area contributed by atoms with Crippen molar-refractivity contribution in [3.63, 3.8) is 0 Å². The third kappa shape index (κ3) is 3.48. The van der Waals surface area contributed by atoms with E-state index in [4.69, 9.17) is 4.74 Å². The zero-order chi connectivity index (χ0) is 12.0. The van der Waals surface area contributed by atoms with Crippen LogP contribution in [0.15, 0.2) is 0 Å². The van der Waals surface area contributed by atoms with Crippen molar-refractivity contribution in [2.45, 2.75) is 58.5 Å². The van der Waals surface area contributed by atoms with Gasteiger partial charge < -0.3 is 9.84 Å². The Morgan fingerprint density at radius 1 is 1.38 bits per heavy atom. The number of aliphatic hydroxyl groups is 1. The Morgan fingerprint density at radius 2 is 2.12 bits per heavy atom. The van der Waals surface area contributed by atoms with Crippen LogP contribution in [0.1, 0.15) is 52.4 Å². The van der Waals surface area contributed by atoms with Gasteiger partial charge in [0, 0.05) is 0 Å². The molecule has 0 radical (unpaired) electrons. The Morgan fingerprint density at radius 3 is 2.75 bits per heavy atom. The van der Waals surface area contributed by atoms with E-state index in [1.165, 1.54) is 0 Å². The van der Waals surface area contributed by atoms with E-state index >= 15 is 0 Å². The molecule has 94 valence electrons. The molecule has 0 heterocycles. The highest BCUT2D eigenvalue weighted by atomic mass is 16.5. The molecule has 3 atom stereocenters. The van der Waals surface area contributed by atoms with E-state index in [0.717, 1.165) is 38.5 Å². The number of carbonyl (C=O) groups is 1. The van der Waals surface area contributed by atoms with Gasteiger partial charge in [0.15, 0.2) is 0 Å². The molecule has 0 aliphatic heterocycles. The van der Waals surface area contributed by atoms with Gasteiger partial charge >= 0.3 is 5.97 Å². The number of ether oxygens (including phenoxy) is 1. The fourth-order valence-electron chi connectivity index (χ4n) is 2.64. The van der Waals surface area contributed by atoms with Crippen molar-refractivity contribution >= 4 is 5.97 Å². The summed E-state index contributed by atoms with van der Waals surface area (Å²) < 4.78 is 5.06. The smallest absolute Gasteiger partial charge is 0.311 e. The first-order valence-electron chi connectivity index (χ1n) is 6.55. The minimum absolute atomic E-state index is 0.198. The minimum Gasteiger partial charge on any atom is -0.466 e. The average molecular weight is 228 g/mol. The highest BCUT2D eigenvalue weighted by Gasteiger charge is 2.37. The van der Waals surface area contributed by atoms with Gasteiger partial charge in [0.25, 0.3) is 0 Å². The zero-order valence-electron chi connectivity index (χ0n) is 10.4. The normalized spacial score (nSPS) is 30.1. The molecule has 3 nitrogen and oxygen atoms in total. The Balaban J connectivity index is 2.59. The van der Waals surface area contributed by atoms with Gasteiger partial charge in [0.2, 0.25) is 0 Å². The van der Waals surface area contributed by atoms with Crippen LogP contribution in [0, 0.1) is 11.8 Å². The summed E-state index contributed by atoms with van der Waals surface area (Å²) in [6, 6.07) is 0. The van der Waals surface area contributed by atoms with E-state index in [1.807, 2.05) is 6.92 Å². The number of carbonyl (C=O) groups excluding carboxylic acids is 1. The van der Waals surface area contributed by atoms with E-state index in [2.05, 4.69) is 6.92 Å². The molecule has 0 saturated heterocycles. The van der Waals surface area contributed by atoms with Crippen LogP contribution in [0.2, 0.25) is 0 Å². The van der Waals surface area contributed by atoms with Gasteiger partial charge in [-0.3, -0.25) is 4.79 Å². The van der Waals surface area contributed by atoms with Gasteiger partial charge in [0.05, 0.1) is 18.6 Å². The fourth-order valence-corrected chi connectivity index (χ4v) is 2.64. The third-order valence-corrected chi connectivity index (χ3v) is 3.48. The van der Waals surface area contributed by atoms with Crippen molar-refractivity contribution in [1.29, 1.82) is 0 Å². The third-order valence-electron chi connectivity index (χ3n) is 3.48. The van der Waals surface area contributed by atoms with Gasteiger partial charge in [-0.2, -0.15) is 0 Å². The molecule has 1 saturated carbocycles. The van der Waals surface area contributed by atoms with E-state index in [9.17, 15) is 9.90 Å². The number of unbranched alkanes of at least 4 members (excludes halogenated alkanes) is 1. The van der Waals surface area contributed by atoms with Gasteiger partial charge in [-0.15, -0.1) is 0 Å². The summed E-state index contributed by atoms with van der Waals surface area (Å²) in [6.45, 7) is 4.37. The molecule has 1 aliphatic rings. The van der Waals surface area contributed by atoms with E-state index in [1.54, 1.807) is 0 Å². The van der Waals surface area contributed by atoms with Crippen molar-refractivity contribution in [2.75, 3.05) is 6.61 Å². The van der Waals surface area contributed by atoms with Gasteiger partial charge in [-0.1, -0.05) is 26.2 Å². The van der Waals surface area contributed by atoms with Crippen LogP contribution in [0.25, 0.3) is 0 Å². The SMILES string of the molecule is CCCC[C@H]1CCC[C@H](O)[C@H]1C(=O)OCC. The zero-order valence-corrected chi connectivity index (χ0v) is 10.4. The quantitative estimate of drug-likeness (QED) is 0.735. The maximum Gasteiger partial charge on any atom is 0.311 e. The summed E-state index contributed by atoms with van der Waals surface area (Å²) in [5, 5.41) is 9.93.